The van der Waals surface area contributed by atoms with Crippen LogP contribution >= 0.6 is 0 Å². The Morgan fingerprint density at radius 1 is 1.21 bits per heavy atom. The molecule has 10 heteroatoms. The highest BCUT2D eigenvalue weighted by Gasteiger charge is 2.26. The second-order valence-corrected chi connectivity index (χ2v) is 8.82. The summed E-state index contributed by atoms with van der Waals surface area (Å²) in [5, 5.41) is 12.7. The van der Waals surface area contributed by atoms with Gasteiger partial charge in [-0.3, -0.25) is 9.48 Å². The van der Waals surface area contributed by atoms with Gasteiger partial charge in [0.05, 0.1) is 18.8 Å². The van der Waals surface area contributed by atoms with Gasteiger partial charge in [0.15, 0.2) is 11.3 Å². The number of ether oxygens (including phenoxy) is 2. The molecule has 1 unspecified atom stereocenters. The molecule has 1 amide bonds. The molecule has 1 aliphatic carbocycles. The second kappa shape index (κ2) is 8.11. The Morgan fingerprint density at radius 3 is 2.91 bits per heavy atom. The molecule has 2 aliphatic rings. The van der Waals surface area contributed by atoms with Crippen LogP contribution in [0.5, 0.6) is 5.88 Å². The minimum atomic E-state index is -0.315. The smallest absolute Gasteiger partial charge is 0.261 e. The summed E-state index contributed by atoms with van der Waals surface area (Å²) in [6.45, 7) is 3.36. The van der Waals surface area contributed by atoms with Gasteiger partial charge in [-0.15, -0.1) is 0 Å². The first-order chi connectivity index (χ1) is 16.1. The third-order valence-electron chi connectivity index (χ3n) is 6.30. The van der Waals surface area contributed by atoms with Gasteiger partial charge in [-0.05, 0) is 50.7 Å². The maximum absolute atomic E-state index is 13.3. The Balaban J connectivity index is 1.35. The topological polar surface area (TPSA) is 108 Å². The van der Waals surface area contributed by atoms with Gasteiger partial charge < -0.3 is 14.8 Å². The predicted molar refractivity (Wildman–Crippen MR) is 121 cm³/mol. The van der Waals surface area contributed by atoms with Gasteiger partial charge in [0.1, 0.15) is 17.4 Å². The van der Waals surface area contributed by atoms with E-state index in [4.69, 9.17) is 9.47 Å². The molecular weight excluding hydrogens is 422 g/mol. The number of aromatic nitrogens is 6. The Kier molecular flexibility index (Phi) is 4.94. The molecule has 1 atom stereocenters. The summed E-state index contributed by atoms with van der Waals surface area (Å²) in [7, 11) is 0. The lowest BCUT2D eigenvalue weighted by Crippen LogP contribution is -2.26. The van der Waals surface area contributed by atoms with Gasteiger partial charge in [0.2, 0.25) is 5.88 Å². The average molecular weight is 447 g/mol. The Bertz CT molecular complexity index is 1330. The number of pyridine rings is 1. The van der Waals surface area contributed by atoms with Crippen LogP contribution in [-0.2, 0) is 4.74 Å². The van der Waals surface area contributed by atoms with E-state index in [1.807, 2.05) is 30.1 Å². The monoisotopic (exact) mass is 447 g/mol. The quantitative estimate of drug-likeness (QED) is 0.500. The van der Waals surface area contributed by atoms with E-state index in [0.29, 0.717) is 35.0 Å². The number of rotatable bonds is 5. The number of aryl methyl sites for hydroxylation is 1. The minimum absolute atomic E-state index is 0.0805. The van der Waals surface area contributed by atoms with Crippen LogP contribution in [-0.4, -0.2) is 54.6 Å². The predicted octanol–water partition coefficient (Wildman–Crippen LogP) is 3.32. The van der Waals surface area contributed by atoms with E-state index in [-0.39, 0.29) is 18.1 Å². The number of nitrogens with one attached hydrogen (secondary N) is 1. The Labute approximate surface area is 189 Å². The lowest BCUT2D eigenvalue weighted by Gasteiger charge is -2.26. The largest absolute Gasteiger partial charge is 0.474 e. The molecule has 1 aliphatic heterocycles. The number of amides is 1. The minimum Gasteiger partial charge on any atom is -0.474 e. The van der Waals surface area contributed by atoms with Crippen LogP contribution in [0.4, 0.5) is 5.69 Å². The standard InChI is InChI=1S/C23H25N7O3/c1-14-9-24-21-19(10-25-30(21)11-14)26-22(31)18-8-15-12-29(16-4-3-7-32-13-16)28-20(15)27-23(18)33-17-5-2-6-17/h8-12,16-17H,2-7,13H2,1H3,(H,26,31). The van der Waals surface area contributed by atoms with Crippen LogP contribution in [0.25, 0.3) is 16.7 Å². The van der Waals surface area contributed by atoms with Gasteiger partial charge in [0, 0.05) is 30.6 Å². The summed E-state index contributed by atoms with van der Waals surface area (Å²) in [4.78, 5) is 22.4. The van der Waals surface area contributed by atoms with Crippen LogP contribution in [0.2, 0.25) is 0 Å². The van der Waals surface area contributed by atoms with Crippen molar-refractivity contribution in [3.63, 3.8) is 0 Å². The van der Waals surface area contributed by atoms with Crippen molar-refractivity contribution in [3.8, 4) is 5.88 Å². The zero-order valence-electron chi connectivity index (χ0n) is 18.4. The van der Waals surface area contributed by atoms with Crippen LogP contribution < -0.4 is 10.1 Å². The van der Waals surface area contributed by atoms with Crippen molar-refractivity contribution in [1.29, 1.82) is 0 Å². The highest BCUT2D eigenvalue weighted by molar-refractivity contribution is 6.08. The van der Waals surface area contributed by atoms with Gasteiger partial charge >= 0.3 is 0 Å². The van der Waals surface area contributed by atoms with E-state index < -0.39 is 0 Å². The molecule has 10 nitrogen and oxygen atoms in total. The molecule has 4 aromatic heterocycles. The zero-order valence-corrected chi connectivity index (χ0v) is 18.4. The number of nitrogens with zero attached hydrogens (tertiary/aromatic N) is 6. The van der Waals surface area contributed by atoms with Gasteiger partial charge in [0.25, 0.3) is 5.91 Å². The van der Waals surface area contributed by atoms with Crippen molar-refractivity contribution in [2.24, 2.45) is 0 Å². The highest BCUT2D eigenvalue weighted by Crippen LogP contribution is 2.30. The first kappa shape index (κ1) is 20.1. The fraction of sp³-hybridized carbons (Fsp3) is 0.435. The third kappa shape index (κ3) is 3.80. The van der Waals surface area contributed by atoms with Gasteiger partial charge in [-0.25, -0.2) is 9.50 Å². The summed E-state index contributed by atoms with van der Waals surface area (Å²) < 4.78 is 15.3. The van der Waals surface area contributed by atoms with Crippen molar-refractivity contribution < 1.29 is 14.3 Å². The summed E-state index contributed by atoms with van der Waals surface area (Å²) >= 11 is 0. The molecule has 1 N–H and O–H groups in total. The number of hydrogen-bond donors (Lipinski definition) is 1. The molecule has 4 aromatic rings. The average Bonchev–Trinajstić information content (AvgIpc) is 3.39. The van der Waals surface area contributed by atoms with Crippen LogP contribution in [0.1, 0.15) is 54.1 Å². The van der Waals surface area contributed by atoms with E-state index in [2.05, 4.69) is 25.5 Å². The maximum Gasteiger partial charge on any atom is 0.261 e. The Hall–Kier alpha value is -3.53. The fourth-order valence-electron chi connectivity index (χ4n) is 4.22. The molecule has 0 aromatic carbocycles. The highest BCUT2D eigenvalue weighted by atomic mass is 16.5. The van der Waals surface area contributed by atoms with E-state index in [9.17, 15) is 4.79 Å². The second-order valence-electron chi connectivity index (χ2n) is 8.82. The lowest BCUT2D eigenvalue weighted by atomic mass is 9.96. The van der Waals surface area contributed by atoms with Crippen LogP contribution in [0, 0.1) is 6.92 Å². The number of fused-ring (bicyclic) bond motifs is 2. The van der Waals surface area contributed by atoms with Crippen molar-refractivity contribution in [2.75, 3.05) is 18.5 Å². The summed E-state index contributed by atoms with van der Waals surface area (Å²) in [6.07, 6.45) is 12.3. The molecule has 2 fully saturated rings. The third-order valence-corrected chi connectivity index (χ3v) is 6.30. The molecule has 1 saturated heterocycles. The number of hydrogen-bond acceptors (Lipinski definition) is 7. The molecule has 33 heavy (non-hydrogen) atoms. The molecule has 170 valence electrons. The molecule has 0 bridgehead atoms. The zero-order chi connectivity index (χ0) is 22.4. The maximum atomic E-state index is 13.3. The van der Waals surface area contributed by atoms with Gasteiger partial charge in [-0.2, -0.15) is 15.2 Å². The lowest BCUT2D eigenvalue weighted by molar-refractivity contribution is 0.0551. The molecule has 6 rings (SSSR count). The van der Waals surface area contributed by atoms with Crippen molar-refractivity contribution >= 4 is 28.3 Å². The normalized spacial score (nSPS) is 19.0. The molecule has 1 saturated carbocycles. The summed E-state index contributed by atoms with van der Waals surface area (Å²) in [5.41, 5.74) is 3.04. The SMILES string of the molecule is Cc1cnc2c(NC(=O)c3cc4cn(C5CCCOC5)nc4nc3OC3CCC3)cnn2c1. The summed E-state index contributed by atoms with van der Waals surface area (Å²) in [5.74, 6) is -0.000120. The first-order valence-electron chi connectivity index (χ1n) is 11.4. The molecular formula is C23H25N7O3. The van der Waals surface area contributed by atoms with Crippen LogP contribution in [0.15, 0.2) is 30.9 Å². The molecule has 0 radical (unpaired) electrons. The Morgan fingerprint density at radius 2 is 2.12 bits per heavy atom. The molecule has 0 spiro atoms. The van der Waals surface area contributed by atoms with Crippen molar-refractivity contribution in [2.45, 2.75) is 51.2 Å². The van der Waals surface area contributed by atoms with E-state index >= 15 is 0 Å². The number of carbonyl (C=O) groups is 1. The van der Waals surface area contributed by atoms with E-state index in [1.165, 1.54) is 0 Å². The van der Waals surface area contributed by atoms with Crippen LogP contribution in [0.3, 0.4) is 0 Å². The molecule has 5 heterocycles. The van der Waals surface area contributed by atoms with Crippen molar-refractivity contribution in [3.05, 3.63) is 42.0 Å². The first-order valence-corrected chi connectivity index (χ1v) is 11.4. The number of carbonyl (C=O) groups excluding carboxylic acids is 1. The summed E-state index contributed by atoms with van der Waals surface area (Å²) in [6, 6.07) is 1.98. The van der Waals surface area contributed by atoms with Crippen molar-refractivity contribution in [1.82, 2.24) is 29.4 Å². The number of anilines is 1. The van der Waals surface area contributed by atoms with Gasteiger partial charge in [-0.1, -0.05) is 0 Å². The fourth-order valence-corrected chi connectivity index (χ4v) is 4.22. The van der Waals surface area contributed by atoms with E-state index in [0.717, 1.165) is 49.7 Å². The van der Waals surface area contributed by atoms with E-state index in [1.54, 1.807) is 16.9 Å².